The molecular weight excluding hydrogens is 379 g/mol. The standard InChI is InChI=1S/C17H22N4O3.2ClH/c1-23-17(22)13-2-3-14(18)10-21(9-13)11-15-8-16(20-24-15)12-4-6-19-7-5-12;;/h4-8,13-14H,2-3,9-11,18H2,1H3;2*1H/t13-,14+;;/m0../s1. The molecule has 3 heterocycles. The van der Waals surface area contributed by atoms with E-state index >= 15 is 0 Å². The lowest BCUT2D eigenvalue weighted by molar-refractivity contribution is -0.146. The van der Waals surface area contributed by atoms with E-state index in [1.165, 1.54) is 7.11 Å². The average Bonchev–Trinajstić information content (AvgIpc) is 2.98. The predicted octanol–water partition coefficient (Wildman–Crippen LogP) is 2.29. The van der Waals surface area contributed by atoms with Gasteiger partial charge in [-0.15, -0.1) is 24.8 Å². The number of halogens is 2. The fourth-order valence-corrected chi connectivity index (χ4v) is 3.07. The van der Waals surface area contributed by atoms with Gasteiger partial charge < -0.3 is 15.0 Å². The van der Waals surface area contributed by atoms with Gasteiger partial charge in [0, 0.05) is 43.2 Å². The lowest BCUT2D eigenvalue weighted by atomic mass is 10.0. The second kappa shape index (κ2) is 10.5. The van der Waals surface area contributed by atoms with Crippen LogP contribution < -0.4 is 5.73 Å². The first-order valence-electron chi connectivity index (χ1n) is 8.07. The van der Waals surface area contributed by atoms with Crippen molar-refractivity contribution in [2.75, 3.05) is 20.2 Å². The fourth-order valence-electron chi connectivity index (χ4n) is 3.07. The summed E-state index contributed by atoms with van der Waals surface area (Å²) in [4.78, 5) is 18.0. The number of rotatable bonds is 4. The Balaban J connectivity index is 0.00000169. The molecule has 0 unspecified atom stereocenters. The minimum Gasteiger partial charge on any atom is -0.469 e. The molecule has 0 bridgehead atoms. The van der Waals surface area contributed by atoms with Gasteiger partial charge in [0.15, 0.2) is 5.76 Å². The van der Waals surface area contributed by atoms with E-state index in [9.17, 15) is 4.79 Å². The van der Waals surface area contributed by atoms with Crippen molar-refractivity contribution < 1.29 is 14.1 Å². The van der Waals surface area contributed by atoms with Gasteiger partial charge in [0.2, 0.25) is 0 Å². The van der Waals surface area contributed by atoms with Gasteiger partial charge in [-0.2, -0.15) is 0 Å². The summed E-state index contributed by atoms with van der Waals surface area (Å²) in [5.41, 5.74) is 7.86. The van der Waals surface area contributed by atoms with Gasteiger partial charge in [0.25, 0.3) is 0 Å². The lowest BCUT2D eigenvalue weighted by Gasteiger charge is -2.22. The van der Waals surface area contributed by atoms with Crippen molar-refractivity contribution in [3.63, 3.8) is 0 Å². The molecule has 26 heavy (non-hydrogen) atoms. The maximum Gasteiger partial charge on any atom is 0.309 e. The molecule has 2 N–H and O–H groups in total. The molecule has 9 heteroatoms. The van der Waals surface area contributed by atoms with E-state index in [0.29, 0.717) is 13.1 Å². The average molecular weight is 403 g/mol. The van der Waals surface area contributed by atoms with Crippen LogP contribution in [0.4, 0.5) is 0 Å². The number of methoxy groups -OCH3 is 1. The number of nitrogens with two attached hydrogens (primary N) is 1. The Morgan fingerprint density at radius 1 is 1.31 bits per heavy atom. The van der Waals surface area contributed by atoms with E-state index in [-0.39, 0.29) is 42.7 Å². The minimum absolute atomic E-state index is 0. The number of aromatic nitrogens is 2. The van der Waals surface area contributed by atoms with Crippen molar-refractivity contribution in [2.45, 2.75) is 25.4 Å². The number of hydrogen-bond acceptors (Lipinski definition) is 7. The highest BCUT2D eigenvalue weighted by Gasteiger charge is 2.28. The highest BCUT2D eigenvalue weighted by molar-refractivity contribution is 5.85. The van der Waals surface area contributed by atoms with Crippen molar-refractivity contribution in [3.8, 4) is 11.3 Å². The van der Waals surface area contributed by atoms with Crippen LogP contribution in [0.5, 0.6) is 0 Å². The van der Waals surface area contributed by atoms with Gasteiger partial charge in [-0.25, -0.2) is 0 Å². The zero-order valence-corrected chi connectivity index (χ0v) is 16.2. The molecule has 144 valence electrons. The summed E-state index contributed by atoms with van der Waals surface area (Å²) >= 11 is 0. The largest absolute Gasteiger partial charge is 0.469 e. The van der Waals surface area contributed by atoms with Crippen molar-refractivity contribution in [1.82, 2.24) is 15.0 Å². The summed E-state index contributed by atoms with van der Waals surface area (Å²) in [6.07, 6.45) is 5.01. The second-order valence-corrected chi connectivity index (χ2v) is 6.17. The molecule has 1 fully saturated rings. The van der Waals surface area contributed by atoms with E-state index in [0.717, 1.165) is 36.4 Å². The zero-order valence-electron chi connectivity index (χ0n) is 14.5. The van der Waals surface area contributed by atoms with Crippen molar-refractivity contribution in [2.24, 2.45) is 11.7 Å². The fraction of sp³-hybridized carbons (Fsp3) is 0.471. The Hall–Kier alpha value is -1.67. The van der Waals surface area contributed by atoms with Gasteiger partial charge in [-0.1, -0.05) is 5.16 Å². The maximum atomic E-state index is 11.9. The van der Waals surface area contributed by atoms with E-state index in [1.807, 2.05) is 18.2 Å². The molecule has 0 saturated carbocycles. The summed E-state index contributed by atoms with van der Waals surface area (Å²) in [5.74, 6) is 0.426. The van der Waals surface area contributed by atoms with Crippen molar-refractivity contribution in [3.05, 3.63) is 36.4 Å². The number of nitrogens with zero attached hydrogens (tertiary/aromatic N) is 3. The molecular formula is C17H24Cl2N4O3. The van der Waals surface area contributed by atoms with Gasteiger partial charge in [0.05, 0.1) is 19.6 Å². The van der Waals surface area contributed by atoms with Crippen LogP contribution in [0.25, 0.3) is 11.3 Å². The minimum atomic E-state index is -0.177. The van der Waals surface area contributed by atoms with Crippen molar-refractivity contribution in [1.29, 1.82) is 0 Å². The molecule has 7 nitrogen and oxygen atoms in total. The third-order valence-corrected chi connectivity index (χ3v) is 4.31. The Morgan fingerprint density at radius 2 is 2.04 bits per heavy atom. The molecule has 0 aromatic carbocycles. The molecule has 2 aromatic rings. The second-order valence-electron chi connectivity index (χ2n) is 6.17. The molecule has 0 spiro atoms. The number of carbonyl (C=O) groups is 1. The number of likely N-dealkylation sites (tertiary alicyclic amines) is 1. The van der Waals surface area contributed by atoms with E-state index in [2.05, 4.69) is 15.0 Å². The summed E-state index contributed by atoms with van der Waals surface area (Å²) in [6, 6.07) is 5.73. The summed E-state index contributed by atoms with van der Waals surface area (Å²) in [7, 11) is 1.43. The SMILES string of the molecule is COC(=O)[C@H]1CC[C@@H](N)CN(Cc2cc(-c3ccncc3)no2)C1.Cl.Cl. The van der Waals surface area contributed by atoms with Crippen molar-refractivity contribution >= 4 is 30.8 Å². The zero-order chi connectivity index (χ0) is 16.9. The van der Waals surface area contributed by atoms with Gasteiger partial charge in [-0.3, -0.25) is 14.7 Å². The molecule has 1 aliphatic rings. The highest BCUT2D eigenvalue weighted by Crippen LogP contribution is 2.22. The van der Waals surface area contributed by atoms with Crippen LogP contribution in [-0.4, -0.2) is 47.3 Å². The summed E-state index contributed by atoms with van der Waals surface area (Å²) in [6.45, 7) is 1.91. The number of esters is 1. The summed E-state index contributed by atoms with van der Waals surface area (Å²) < 4.78 is 10.3. The summed E-state index contributed by atoms with van der Waals surface area (Å²) in [5, 5.41) is 4.11. The maximum absolute atomic E-state index is 11.9. The number of hydrogen-bond donors (Lipinski definition) is 1. The number of ether oxygens (including phenoxy) is 1. The molecule has 0 radical (unpaired) electrons. The molecule has 3 rings (SSSR count). The Labute approximate surface area is 165 Å². The van der Waals surface area contributed by atoms with Crippen LogP contribution in [0.15, 0.2) is 35.1 Å². The van der Waals surface area contributed by atoms with Crippen LogP contribution in [0.2, 0.25) is 0 Å². The van der Waals surface area contributed by atoms with Gasteiger partial charge >= 0.3 is 5.97 Å². The Bertz CT molecular complexity index is 684. The molecule has 1 aliphatic heterocycles. The van der Waals surface area contributed by atoms with E-state index in [1.54, 1.807) is 12.4 Å². The number of pyridine rings is 1. The monoisotopic (exact) mass is 402 g/mol. The molecule has 2 atom stereocenters. The van der Waals surface area contributed by atoms with E-state index in [4.69, 9.17) is 15.0 Å². The lowest BCUT2D eigenvalue weighted by Crippen LogP contribution is -2.37. The van der Waals surface area contributed by atoms with Gasteiger partial charge in [0.1, 0.15) is 5.69 Å². The first-order chi connectivity index (χ1) is 11.7. The van der Waals surface area contributed by atoms with Crippen LogP contribution in [0, 0.1) is 5.92 Å². The quantitative estimate of drug-likeness (QED) is 0.783. The molecule has 0 amide bonds. The van der Waals surface area contributed by atoms with Gasteiger partial charge in [-0.05, 0) is 25.0 Å². The first kappa shape index (κ1) is 22.4. The van der Waals surface area contributed by atoms with E-state index < -0.39 is 0 Å². The third-order valence-electron chi connectivity index (χ3n) is 4.31. The topological polar surface area (TPSA) is 94.5 Å². The third kappa shape index (κ3) is 5.67. The van der Waals surface area contributed by atoms with Crippen LogP contribution in [0.1, 0.15) is 18.6 Å². The Kier molecular flexibility index (Phi) is 9.01. The number of carbonyl (C=O) groups excluding carboxylic acids is 1. The first-order valence-corrected chi connectivity index (χ1v) is 8.07. The normalized spacial score (nSPS) is 20.4. The molecule has 0 aliphatic carbocycles. The molecule has 1 saturated heterocycles. The van der Waals surface area contributed by atoms with Crippen LogP contribution in [-0.2, 0) is 16.1 Å². The van der Waals surface area contributed by atoms with Crippen LogP contribution in [0.3, 0.4) is 0 Å². The van der Waals surface area contributed by atoms with Crippen LogP contribution >= 0.6 is 24.8 Å². The highest BCUT2D eigenvalue weighted by atomic mass is 35.5. The smallest absolute Gasteiger partial charge is 0.309 e. The molecule has 2 aromatic heterocycles. The Morgan fingerprint density at radius 3 is 2.73 bits per heavy atom. The predicted molar refractivity (Wildman–Crippen MR) is 102 cm³/mol.